The monoisotopic (exact) mass is 385 g/mol. The summed E-state index contributed by atoms with van der Waals surface area (Å²) >= 11 is 3.81. The lowest BCUT2D eigenvalue weighted by Gasteiger charge is -2.23. The molecule has 25 heavy (non-hydrogen) atoms. The number of ether oxygens (including phenoxy) is 1. The predicted molar refractivity (Wildman–Crippen MR) is 99.1 cm³/mol. The normalized spacial score (nSPS) is 12.7. The van der Waals surface area contributed by atoms with E-state index in [0.29, 0.717) is 21.6 Å². The number of aromatic nitrogens is 1. The van der Waals surface area contributed by atoms with Gasteiger partial charge in [-0.25, -0.2) is 14.0 Å². The summed E-state index contributed by atoms with van der Waals surface area (Å²) in [6.45, 7) is 5.53. The molecule has 1 heterocycles. The van der Waals surface area contributed by atoms with E-state index in [9.17, 15) is 13.6 Å². The van der Waals surface area contributed by atoms with Crippen LogP contribution in [-0.2, 0) is 16.0 Å². The Kier molecular flexibility index (Phi) is 6.21. The number of hydrogen-bond donors (Lipinski definition) is 2. The molecule has 0 radical (unpaired) electrons. The molecule has 0 saturated carbocycles. The topological polar surface area (TPSA) is 91.8 Å². The predicted octanol–water partition coefficient (Wildman–Crippen LogP) is 3.36. The number of rotatable bonds is 5. The van der Waals surface area contributed by atoms with Crippen molar-refractivity contribution in [2.75, 3.05) is 17.4 Å². The van der Waals surface area contributed by atoms with E-state index in [1.54, 1.807) is 45.0 Å². The molecule has 7 nitrogen and oxygen atoms in total. The van der Waals surface area contributed by atoms with E-state index in [-0.39, 0.29) is 13.1 Å². The van der Waals surface area contributed by atoms with Gasteiger partial charge in [0.2, 0.25) is 0 Å². The van der Waals surface area contributed by atoms with Crippen molar-refractivity contribution in [3.05, 3.63) is 35.6 Å². The molecule has 1 amide bonds. The van der Waals surface area contributed by atoms with Crippen LogP contribution < -0.4 is 9.62 Å². The van der Waals surface area contributed by atoms with Crippen LogP contribution >= 0.6 is 11.6 Å². The molecule has 0 saturated heterocycles. The van der Waals surface area contributed by atoms with Crippen LogP contribution in [0.4, 0.5) is 10.5 Å². The summed E-state index contributed by atoms with van der Waals surface area (Å²) in [5, 5.41) is 4.26. The zero-order valence-electron chi connectivity index (χ0n) is 14.2. The summed E-state index contributed by atoms with van der Waals surface area (Å²) in [7, 11) is 0. The molecule has 0 aliphatic carbocycles. The first-order valence-electron chi connectivity index (χ1n) is 7.57. The third-order valence-corrected chi connectivity index (χ3v) is 4.23. The molecule has 1 atom stereocenters. The number of alkyl carbamates (subject to hydrolysis) is 1. The van der Waals surface area contributed by atoms with Crippen LogP contribution in [0.25, 0.3) is 10.8 Å². The Balaban J connectivity index is 2.16. The van der Waals surface area contributed by atoms with E-state index in [4.69, 9.17) is 16.3 Å². The van der Waals surface area contributed by atoms with Gasteiger partial charge < -0.3 is 10.1 Å². The van der Waals surface area contributed by atoms with Crippen LogP contribution in [0.2, 0.25) is 5.15 Å². The second-order valence-corrected chi connectivity index (χ2v) is 7.50. The molecular weight excluding hydrogens is 366 g/mol. The molecule has 0 spiro atoms. The van der Waals surface area contributed by atoms with E-state index < -0.39 is 23.0 Å². The first kappa shape index (κ1) is 19.4. The number of pyridine rings is 1. The summed E-state index contributed by atoms with van der Waals surface area (Å²) in [5.74, 6) is 0. The van der Waals surface area contributed by atoms with Gasteiger partial charge in [-0.05, 0) is 32.9 Å². The summed E-state index contributed by atoms with van der Waals surface area (Å²) in [6.07, 6.45) is 0.951. The van der Waals surface area contributed by atoms with Crippen molar-refractivity contribution in [3.63, 3.8) is 0 Å². The van der Waals surface area contributed by atoms with Crippen LogP contribution in [0.15, 0.2) is 30.5 Å². The molecule has 2 rings (SSSR count). The third-order valence-electron chi connectivity index (χ3n) is 3.17. The van der Waals surface area contributed by atoms with E-state index in [1.165, 1.54) is 10.5 Å². The van der Waals surface area contributed by atoms with E-state index in [0.717, 1.165) is 0 Å². The van der Waals surface area contributed by atoms with Gasteiger partial charge in [0.05, 0.1) is 12.2 Å². The fraction of sp³-hybridized carbons (Fsp3) is 0.375. The fourth-order valence-corrected chi connectivity index (χ4v) is 3.02. The SMILES string of the molecule is CC(C)(C)OC(=O)NCCN(c1cccc2c(Cl)nccc12)S(=O)O. The highest BCUT2D eigenvalue weighted by atomic mass is 35.5. The van der Waals surface area contributed by atoms with Gasteiger partial charge >= 0.3 is 6.09 Å². The molecule has 0 aliphatic rings. The smallest absolute Gasteiger partial charge is 0.407 e. The lowest BCUT2D eigenvalue weighted by Crippen LogP contribution is -2.38. The minimum atomic E-state index is -2.27. The molecule has 9 heteroatoms. The molecule has 136 valence electrons. The molecular formula is C16H20ClN3O4S. The Hall–Kier alpha value is -1.90. The maximum absolute atomic E-state index is 11.8. The van der Waals surface area contributed by atoms with Crippen molar-refractivity contribution < 1.29 is 18.3 Å². The zero-order valence-corrected chi connectivity index (χ0v) is 15.7. The second kappa shape index (κ2) is 7.99. The number of anilines is 1. The minimum Gasteiger partial charge on any atom is -0.444 e. The quantitative estimate of drug-likeness (QED) is 0.608. The number of amides is 1. The first-order valence-corrected chi connectivity index (χ1v) is 9.02. The Bertz CT molecular complexity index is 795. The number of carbonyl (C=O) groups excluding carboxylic acids is 1. The van der Waals surface area contributed by atoms with E-state index in [2.05, 4.69) is 10.3 Å². The maximum Gasteiger partial charge on any atom is 0.407 e. The Morgan fingerprint density at radius 3 is 2.72 bits per heavy atom. The van der Waals surface area contributed by atoms with Crippen molar-refractivity contribution in [2.45, 2.75) is 26.4 Å². The standard InChI is InChI=1S/C16H20ClN3O4S/c1-16(2,3)24-15(21)19-9-10-20(25(22)23)13-6-4-5-12-11(13)7-8-18-14(12)17/h4-8H,9-10H2,1-3H3,(H,19,21)(H,22,23). The zero-order chi connectivity index (χ0) is 18.6. The molecule has 0 fully saturated rings. The highest BCUT2D eigenvalue weighted by Gasteiger charge is 2.18. The van der Waals surface area contributed by atoms with Crippen LogP contribution in [-0.4, -0.2) is 38.5 Å². The Morgan fingerprint density at radius 1 is 1.36 bits per heavy atom. The minimum absolute atomic E-state index is 0.113. The highest BCUT2D eigenvalue weighted by Crippen LogP contribution is 2.30. The Morgan fingerprint density at radius 2 is 2.08 bits per heavy atom. The second-order valence-electron chi connectivity index (χ2n) is 6.24. The highest BCUT2D eigenvalue weighted by molar-refractivity contribution is 7.80. The number of fused-ring (bicyclic) bond motifs is 1. The number of halogens is 1. The van der Waals surface area contributed by atoms with Gasteiger partial charge in [0, 0.05) is 23.5 Å². The lowest BCUT2D eigenvalue weighted by atomic mass is 10.1. The van der Waals surface area contributed by atoms with Crippen LogP contribution in [0, 0.1) is 0 Å². The summed E-state index contributed by atoms with van der Waals surface area (Å²) in [4.78, 5) is 15.7. The van der Waals surface area contributed by atoms with E-state index >= 15 is 0 Å². The van der Waals surface area contributed by atoms with Gasteiger partial charge in [-0.1, -0.05) is 23.7 Å². The molecule has 1 aromatic heterocycles. The number of nitrogens with zero attached hydrogens (tertiary/aromatic N) is 2. The van der Waals surface area contributed by atoms with Gasteiger partial charge in [0.15, 0.2) is 0 Å². The lowest BCUT2D eigenvalue weighted by molar-refractivity contribution is 0.0529. The van der Waals surface area contributed by atoms with Crippen LogP contribution in [0.1, 0.15) is 20.8 Å². The van der Waals surface area contributed by atoms with Crippen molar-refractivity contribution in [1.82, 2.24) is 10.3 Å². The molecule has 1 unspecified atom stereocenters. The van der Waals surface area contributed by atoms with Crippen molar-refractivity contribution in [3.8, 4) is 0 Å². The molecule has 1 aromatic carbocycles. The number of benzene rings is 1. The molecule has 0 aliphatic heterocycles. The van der Waals surface area contributed by atoms with Gasteiger partial charge in [0.1, 0.15) is 10.8 Å². The maximum atomic E-state index is 11.8. The van der Waals surface area contributed by atoms with Crippen LogP contribution in [0.3, 0.4) is 0 Å². The van der Waals surface area contributed by atoms with Crippen molar-refractivity contribution in [2.24, 2.45) is 0 Å². The fourth-order valence-electron chi connectivity index (χ4n) is 2.23. The number of hydrogen-bond acceptors (Lipinski definition) is 4. The first-order chi connectivity index (χ1) is 11.7. The number of nitrogens with one attached hydrogen (secondary N) is 1. The molecule has 2 N–H and O–H groups in total. The Labute approximate surface area is 153 Å². The van der Waals surface area contributed by atoms with E-state index in [1.807, 2.05) is 0 Å². The average Bonchev–Trinajstić information content (AvgIpc) is 2.50. The summed E-state index contributed by atoms with van der Waals surface area (Å²) in [6, 6.07) is 6.94. The van der Waals surface area contributed by atoms with Gasteiger partial charge in [0.25, 0.3) is 11.3 Å². The van der Waals surface area contributed by atoms with Gasteiger partial charge in [-0.15, -0.1) is 0 Å². The number of carbonyl (C=O) groups is 1. The van der Waals surface area contributed by atoms with Crippen molar-refractivity contribution >= 4 is 45.4 Å². The summed E-state index contributed by atoms with van der Waals surface area (Å²) < 4.78 is 27.8. The molecule has 2 aromatic rings. The molecule has 0 bridgehead atoms. The summed E-state index contributed by atoms with van der Waals surface area (Å²) in [5.41, 5.74) is -0.0863. The van der Waals surface area contributed by atoms with Crippen LogP contribution in [0.5, 0.6) is 0 Å². The average molecular weight is 386 g/mol. The van der Waals surface area contributed by atoms with Gasteiger partial charge in [-0.3, -0.25) is 8.86 Å². The van der Waals surface area contributed by atoms with Gasteiger partial charge in [-0.2, -0.15) is 0 Å². The third kappa shape index (κ3) is 5.29. The largest absolute Gasteiger partial charge is 0.444 e. The van der Waals surface area contributed by atoms with Crippen molar-refractivity contribution in [1.29, 1.82) is 0 Å².